The molecule has 0 saturated heterocycles. The largest absolute Gasteiger partial charge is 0.505 e. The summed E-state index contributed by atoms with van der Waals surface area (Å²) in [4.78, 5) is 4.14. The highest BCUT2D eigenvalue weighted by Crippen LogP contribution is 2.17. The Kier molecular flexibility index (Phi) is 2.63. The van der Waals surface area contributed by atoms with Gasteiger partial charge in [-0.25, -0.2) is 4.39 Å². The van der Waals surface area contributed by atoms with Crippen LogP contribution in [0, 0.1) is 5.82 Å². The number of aromatic nitrogens is 1. The Hall–Kier alpha value is -1.90. The molecule has 0 radical (unpaired) electrons. The van der Waals surface area contributed by atoms with Gasteiger partial charge in [0.05, 0.1) is 0 Å². The van der Waals surface area contributed by atoms with E-state index in [2.05, 4.69) is 4.98 Å². The minimum Gasteiger partial charge on any atom is -0.505 e. The zero-order valence-electron chi connectivity index (χ0n) is 8.02. The van der Waals surface area contributed by atoms with Gasteiger partial charge in [-0.1, -0.05) is 12.1 Å². The van der Waals surface area contributed by atoms with Crippen LogP contribution in [-0.4, -0.2) is 10.1 Å². The SMILES string of the molecule is Oc1ccc(Cc2ccccn2)cc1F. The zero-order chi connectivity index (χ0) is 10.7. The summed E-state index contributed by atoms with van der Waals surface area (Å²) in [6.07, 6.45) is 2.27. The standard InChI is InChI=1S/C12H10FNO/c13-11-8-9(4-5-12(11)15)7-10-3-1-2-6-14-10/h1-6,8,15H,7H2. The minimum absolute atomic E-state index is 0.320. The highest BCUT2D eigenvalue weighted by atomic mass is 19.1. The topological polar surface area (TPSA) is 33.1 Å². The third kappa shape index (κ3) is 2.31. The molecule has 2 aromatic rings. The molecule has 2 rings (SSSR count). The summed E-state index contributed by atoms with van der Waals surface area (Å²) in [5.41, 5.74) is 1.67. The maximum Gasteiger partial charge on any atom is 0.165 e. The maximum absolute atomic E-state index is 13.0. The Morgan fingerprint density at radius 1 is 1.20 bits per heavy atom. The van der Waals surface area contributed by atoms with E-state index in [1.165, 1.54) is 12.1 Å². The van der Waals surface area contributed by atoms with Gasteiger partial charge in [-0.2, -0.15) is 0 Å². The third-order valence-electron chi connectivity index (χ3n) is 2.12. The monoisotopic (exact) mass is 203 g/mol. The van der Waals surface area contributed by atoms with Crippen molar-refractivity contribution in [2.45, 2.75) is 6.42 Å². The number of aromatic hydroxyl groups is 1. The molecular weight excluding hydrogens is 193 g/mol. The van der Waals surface area contributed by atoms with Crippen molar-refractivity contribution in [3.63, 3.8) is 0 Å². The van der Waals surface area contributed by atoms with Crippen LogP contribution >= 0.6 is 0 Å². The minimum atomic E-state index is -0.594. The Balaban J connectivity index is 2.22. The van der Waals surface area contributed by atoms with E-state index in [9.17, 15) is 4.39 Å². The number of halogens is 1. The fraction of sp³-hybridized carbons (Fsp3) is 0.0833. The van der Waals surface area contributed by atoms with E-state index in [0.29, 0.717) is 6.42 Å². The molecule has 15 heavy (non-hydrogen) atoms. The molecule has 0 aliphatic heterocycles. The van der Waals surface area contributed by atoms with Crippen LogP contribution in [0.2, 0.25) is 0 Å². The normalized spacial score (nSPS) is 10.2. The van der Waals surface area contributed by atoms with Crippen molar-refractivity contribution in [3.05, 3.63) is 59.7 Å². The van der Waals surface area contributed by atoms with Crippen molar-refractivity contribution in [1.29, 1.82) is 0 Å². The van der Waals surface area contributed by atoms with Crippen LogP contribution in [0.4, 0.5) is 4.39 Å². The predicted octanol–water partition coefficient (Wildman–Crippen LogP) is 2.52. The Bertz CT molecular complexity index is 456. The van der Waals surface area contributed by atoms with Crippen LogP contribution in [0.1, 0.15) is 11.3 Å². The molecule has 0 amide bonds. The van der Waals surface area contributed by atoms with E-state index in [-0.39, 0.29) is 5.75 Å². The van der Waals surface area contributed by atoms with Gasteiger partial charge in [-0.05, 0) is 29.8 Å². The summed E-state index contributed by atoms with van der Waals surface area (Å²) in [6, 6.07) is 9.97. The number of phenolic OH excluding ortho intramolecular Hbond substituents is 1. The van der Waals surface area contributed by atoms with Crippen LogP contribution < -0.4 is 0 Å². The van der Waals surface area contributed by atoms with Crippen molar-refractivity contribution in [3.8, 4) is 5.75 Å². The smallest absolute Gasteiger partial charge is 0.165 e. The summed E-state index contributed by atoms with van der Waals surface area (Å²) < 4.78 is 13.0. The van der Waals surface area contributed by atoms with Gasteiger partial charge in [0.1, 0.15) is 0 Å². The molecule has 1 heterocycles. The van der Waals surface area contributed by atoms with Crippen LogP contribution in [0.25, 0.3) is 0 Å². The molecule has 2 nitrogen and oxygen atoms in total. The van der Waals surface area contributed by atoms with Crippen molar-refractivity contribution in [1.82, 2.24) is 4.98 Å². The number of pyridine rings is 1. The maximum atomic E-state index is 13.0. The second-order valence-electron chi connectivity index (χ2n) is 3.28. The number of benzene rings is 1. The fourth-order valence-corrected chi connectivity index (χ4v) is 1.37. The van der Waals surface area contributed by atoms with Crippen LogP contribution in [0.15, 0.2) is 42.6 Å². The lowest BCUT2D eigenvalue weighted by Gasteiger charge is -2.02. The van der Waals surface area contributed by atoms with Gasteiger partial charge >= 0.3 is 0 Å². The van der Waals surface area contributed by atoms with E-state index in [1.54, 1.807) is 12.3 Å². The molecule has 0 aliphatic rings. The molecule has 0 spiro atoms. The molecule has 0 atom stereocenters. The van der Waals surface area contributed by atoms with Gasteiger partial charge < -0.3 is 5.11 Å². The highest BCUT2D eigenvalue weighted by molar-refractivity contribution is 5.30. The molecule has 0 bridgehead atoms. The van der Waals surface area contributed by atoms with Crippen molar-refractivity contribution >= 4 is 0 Å². The Morgan fingerprint density at radius 3 is 2.73 bits per heavy atom. The van der Waals surface area contributed by atoms with Gasteiger partial charge in [0.15, 0.2) is 11.6 Å². The first kappa shape index (κ1) is 9.65. The van der Waals surface area contributed by atoms with E-state index in [1.807, 2.05) is 18.2 Å². The van der Waals surface area contributed by atoms with E-state index < -0.39 is 5.82 Å². The highest BCUT2D eigenvalue weighted by Gasteiger charge is 2.02. The van der Waals surface area contributed by atoms with Crippen LogP contribution in [0.3, 0.4) is 0 Å². The zero-order valence-corrected chi connectivity index (χ0v) is 8.02. The average molecular weight is 203 g/mol. The number of hydrogen-bond acceptors (Lipinski definition) is 2. The molecule has 76 valence electrons. The van der Waals surface area contributed by atoms with Gasteiger partial charge in [-0.15, -0.1) is 0 Å². The molecule has 0 saturated carbocycles. The molecule has 0 fully saturated rings. The Morgan fingerprint density at radius 2 is 2.07 bits per heavy atom. The molecule has 0 aliphatic carbocycles. The average Bonchev–Trinajstić information content (AvgIpc) is 2.25. The van der Waals surface area contributed by atoms with Crippen molar-refractivity contribution in [2.24, 2.45) is 0 Å². The molecule has 3 heteroatoms. The summed E-state index contributed by atoms with van der Waals surface area (Å²) >= 11 is 0. The van der Waals surface area contributed by atoms with Crippen molar-refractivity contribution in [2.75, 3.05) is 0 Å². The lowest BCUT2D eigenvalue weighted by molar-refractivity contribution is 0.432. The van der Waals surface area contributed by atoms with Gasteiger partial charge in [0, 0.05) is 18.3 Å². The molecule has 0 unspecified atom stereocenters. The summed E-state index contributed by atoms with van der Waals surface area (Å²) in [5.74, 6) is -0.914. The van der Waals surface area contributed by atoms with Gasteiger partial charge in [0.25, 0.3) is 0 Å². The summed E-state index contributed by atoms with van der Waals surface area (Å²) in [7, 11) is 0. The Labute approximate surface area is 87.0 Å². The van der Waals surface area contributed by atoms with Crippen molar-refractivity contribution < 1.29 is 9.50 Å². The quantitative estimate of drug-likeness (QED) is 0.813. The first-order chi connectivity index (χ1) is 7.25. The van der Waals surface area contributed by atoms with E-state index >= 15 is 0 Å². The first-order valence-electron chi connectivity index (χ1n) is 4.63. The number of hydrogen-bond donors (Lipinski definition) is 1. The van der Waals surface area contributed by atoms with Gasteiger partial charge in [0.2, 0.25) is 0 Å². The van der Waals surface area contributed by atoms with Crippen LogP contribution in [0.5, 0.6) is 5.75 Å². The van der Waals surface area contributed by atoms with Gasteiger partial charge in [-0.3, -0.25) is 4.98 Å². The fourth-order valence-electron chi connectivity index (χ4n) is 1.37. The molecule has 1 aromatic carbocycles. The molecule has 1 aromatic heterocycles. The lowest BCUT2D eigenvalue weighted by Crippen LogP contribution is -1.91. The van der Waals surface area contributed by atoms with E-state index in [0.717, 1.165) is 11.3 Å². The van der Waals surface area contributed by atoms with Crippen LogP contribution in [-0.2, 0) is 6.42 Å². The molecule has 1 N–H and O–H groups in total. The predicted molar refractivity (Wildman–Crippen MR) is 55.1 cm³/mol. The number of nitrogens with zero attached hydrogens (tertiary/aromatic N) is 1. The lowest BCUT2D eigenvalue weighted by atomic mass is 10.1. The second-order valence-corrected chi connectivity index (χ2v) is 3.28. The van der Waals surface area contributed by atoms with E-state index in [4.69, 9.17) is 5.11 Å². The summed E-state index contributed by atoms with van der Waals surface area (Å²) in [6.45, 7) is 0. The summed E-state index contributed by atoms with van der Waals surface area (Å²) in [5, 5.41) is 9.02. The third-order valence-corrected chi connectivity index (χ3v) is 2.12. The molecular formula is C12H10FNO. The second kappa shape index (κ2) is 4.09. The first-order valence-corrected chi connectivity index (χ1v) is 4.63. The number of phenols is 1. The number of rotatable bonds is 2.